The topological polar surface area (TPSA) is 84.7 Å². The first-order chi connectivity index (χ1) is 18.1. The van der Waals surface area contributed by atoms with Crippen molar-refractivity contribution in [3.05, 3.63) is 58.4 Å². The standard InChI is InChI=1S/C27H27ClF3N3O4/c28-21-12-17(5-8-23(21)38-27(29,30)31)14-34-22-15-33(11-9-19(22)20-2-1-10-32-25(20)34)24(35)13-16-3-6-18(7-4-16)26(36)37/h1-2,5,8,10,12,16,18H,3-4,6-7,9,11,13-15H2,(H,36,37). The molecule has 0 bridgehead atoms. The Labute approximate surface area is 222 Å². The number of amides is 1. The monoisotopic (exact) mass is 549 g/mol. The summed E-state index contributed by atoms with van der Waals surface area (Å²) in [6.07, 6.45) is 0.600. The maximum Gasteiger partial charge on any atom is 0.573 e. The van der Waals surface area contributed by atoms with Gasteiger partial charge in [0, 0.05) is 36.8 Å². The lowest BCUT2D eigenvalue weighted by atomic mass is 9.80. The van der Waals surface area contributed by atoms with Crippen LogP contribution >= 0.6 is 11.6 Å². The molecule has 1 aliphatic heterocycles. The Morgan fingerprint density at radius 1 is 1.16 bits per heavy atom. The number of carbonyl (C=O) groups excluding carboxylic acids is 1. The fraction of sp³-hybridized carbons (Fsp3) is 0.444. The van der Waals surface area contributed by atoms with Crippen molar-refractivity contribution in [1.82, 2.24) is 14.5 Å². The van der Waals surface area contributed by atoms with Gasteiger partial charge in [0.05, 0.1) is 17.5 Å². The van der Waals surface area contributed by atoms with Crippen LogP contribution in [0.2, 0.25) is 5.02 Å². The van der Waals surface area contributed by atoms with Gasteiger partial charge in [-0.15, -0.1) is 13.2 Å². The third-order valence-corrected chi connectivity index (χ3v) is 7.88. The van der Waals surface area contributed by atoms with E-state index in [0.717, 1.165) is 35.1 Å². The van der Waals surface area contributed by atoms with Gasteiger partial charge >= 0.3 is 12.3 Å². The Balaban J connectivity index is 1.35. The highest BCUT2D eigenvalue weighted by Crippen LogP contribution is 2.35. The molecular formula is C27H27ClF3N3O4. The Bertz CT molecular complexity index is 1370. The Kier molecular flexibility index (Phi) is 7.26. The van der Waals surface area contributed by atoms with Gasteiger partial charge in [-0.25, -0.2) is 4.98 Å². The molecule has 1 amide bonds. The van der Waals surface area contributed by atoms with Gasteiger partial charge < -0.3 is 19.3 Å². The molecule has 38 heavy (non-hydrogen) atoms. The number of halogens is 4. The molecule has 11 heteroatoms. The number of benzene rings is 1. The molecule has 7 nitrogen and oxygen atoms in total. The highest BCUT2D eigenvalue weighted by Gasteiger charge is 2.33. The smallest absolute Gasteiger partial charge is 0.481 e. The number of aliphatic carboxylic acids is 1. The van der Waals surface area contributed by atoms with Gasteiger partial charge in [-0.2, -0.15) is 0 Å². The van der Waals surface area contributed by atoms with E-state index >= 15 is 0 Å². The second kappa shape index (κ2) is 10.5. The van der Waals surface area contributed by atoms with Crippen molar-refractivity contribution in [2.24, 2.45) is 11.8 Å². The zero-order chi connectivity index (χ0) is 27.0. The minimum Gasteiger partial charge on any atom is -0.481 e. The third-order valence-electron chi connectivity index (χ3n) is 7.59. The van der Waals surface area contributed by atoms with Crippen LogP contribution in [0.15, 0.2) is 36.5 Å². The van der Waals surface area contributed by atoms with E-state index in [2.05, 4.69) is 9.72 Å². The molecule has 2 aliphatic rings. The lowest BCUT2D eigenvalue weighted by Crippen LogP contribution is -2.38. The SMILES string of the molecule is O=C(O)C1CCC(CC(=O)N2CCc3c(n(Cc4ccc(OC(F)(F)F)c(Cl)c4)c4ncccc34)C2)CC1. The number of aromatic nitrogens is 2. The molecule has 0 atom stereocenters. The molecule has 1 N–H and O–H groups in total. The quantitative estimate of drug-likeness (QED) is 0.420. The summed E-state index contributed by atoms with van der Waals surface area (Å²) in [4.78, 5) is 30.9. The Hall–Kier alpha value is -3.27. The highest BCUT2D eigenvalue weighted by molar-refractivity contribution is 6.32. The fourth-order valence-corrected chi connectivity index (χ4v) is 5.91. The van der Waals surface area contributed by atoms with E-state index in [0.29, 0.717) is 50.9 Å². The average molecular weight is 550 g/mol. The van der Waals surface area contributed by atoms with Crippen LogP contribution in [0.5, 0.6) is 5.75 Å². The predicted octanol–water partition coefficient (Wildman–Crippen LogP) is 5.80. The van der Waals surface area contributed by atoms with Gasteiger partial charge in [0.2, 0.25) is 5.91 Å². The van der Waals surface area contributed by atoms with Crippen LogP contribution in [0, 0.1) is 11.8 Å². The van der Waals surface area contributed by atoms with Crippen LogP contribution in [-0.2, 0) is 29.1 Å². The molecule has 202 valence electrons. The third kappa shape index (κ3) is 5.60. The lowest BCUT2D eigenvalue weighted by Gasteiger charge is -2.31. The van der Waals surface area contributed by atoms with Crippen LogP contribution in [0.3, 0.4) is 0 Å². The number of carbonyl (C=O) groups is 2. The molecule has 1 aliphatic carbocycles. The van der Waals surface area contributed by atoms with Gasteiger partial charge in [-0.3, -0.25) is 9.59 Å². The number of rotatable bonds is 6. The van der Waals surface area contributed by atoms with Crippen molar-refractivity contribution >= 4 is 34.5 Å². The van der Waals surface area contributed by atoms with Gasteiger partial charge in [0.1, 0.15) is 11.4 Å². The summed E-state index contributed by atoms with van der Waals surface area (Å²) in [5, 5.41) is 10.1. The number of carboxylic acid groups (broad SMARTS) is 1. The lowest BCUT2D eigenvalue weighted by molar-refractivity contribution is -0.274. The number of hydrogen-bond donors (Lipinski definition) is 1. The Morgan fingerprint density at radius 3 is 2.61 bits per heavy atom. The van der Waals surface area contributed by atoms with Gasteiger partial charge in [-0.05, 0) is 73.4 Å². The minimum absolute atomic E-state index is 0.0517. The summed E-state index contributed by atoms with van der Waals surface area (Å²) in [6, 6.07) is 8.03. The number of pyridine rings is 1. The van der Waals surface area contributed by atoms with Crippen LogP contribution < -0.4 is 4.74 Å². The number of alkyl halides is 3. The van der Waals surface area contributed by atoms with E-state index in [1.54, 1.807) is 6.20 Å². The van der Waals surface area contributed by atoms with Crippen LogP contribution in [0.25, 0.3) is 11.0 Å². The summed E-state index contributed by atoms with van der Waals surface area (Å²) in [7, 11) is 0. The number of nitrogens with zero attached hydrogens (tertiary/aromatic N) is 3. The zero-order valence-electron chi connectivity index (χ0n) is 20.5. The van der Waals surface area contributed by atoms with Gasteiger partial charge in [0.15, 0.2) is 0 Å². The normalized spacial score (nSPS) is 19.8. The second-order valence-corrected chi connectivity index (χ2v) is 10.4. The van der Waals surface area contributed by atoms with Crippen molar-refractivity contribution in [3.8, 4) is 5.75 Å². The van der Waals surface area contributed by atoms with E-state index in [-0.39, 0.29) is 22.8 Å². The molecule has 0 unspecified atom stereocenters. The largest absolute Gasteiger partial charge is 0.573 e. The van der Waals surface area contributed by atoms with Crippen molar-refractivity contribution in [1.29, 1.82) is 0 Å². The molecule has 2 aromatic heterocycles. The average Bonchev–Trinajstić information content (AvgIpc) is 3.18. The van der Waals surface area contributed by atoms with E-state index < -0.39 is 18.1 Å². The molecule has 1 aromatic carbocycles. The molecule has 0 saturated heterocycles. The van der Waals surface area contributed by atoms with Crippen LogP contribution in [0.1, 0.15) is 48.9 Å². The first-order valence-corrected chi connectivity index (χ1v) is 13.0. The molecule has 3 heterocycles. The summed E-state index contributed by atoms with van der Waals surface area (Å²) < 4.78 is 43.9. The minimum atomic E-state index is -4.84. The van der Waals surface area contributed by atoms with E-state index in [1.807, 2.05) is 21.6 Å². The molecule has 1 fully saturated rings. The van der Waals surface area contributed by atoms with Crippen molar-refractivity contribution in [2.45, 2.75) is 58.0 Å². The molecule has 1 saturated carbocycles. The molecule has 5 rings (SSSR count). The second-order valence-electron chi connectivity index (χ2n) is 10.0. The number of fused-ring (bicyclic) bond motifs is 3. The Morgan fingerprint density at radius 2 is 1.92 bits per heavy atom. The van der Waals surface area contributed by atoms with Crippen molar-refractivity contribution in [3.63, 3.8) is 0 Å². The summed E-state index contributed by atoms with van der Waals surface area (Å²) >= 11 is 6.09. The van der Waals surface area contributed by atoms with E-state index in [1.165, 1.54) is 18.2 Å². The molecular weight excluding hydrogens is 523 g/mol. The summed E-state index contributed by atoms with van der Waals surface area (Å²) in [6.45, 7) is 1.30. The van der Waals surface area contributed by atoms with Gasteiger partial charge in [-0.1, -0.05) is 17.7 Å². The first-order valence-electron chi connectivity index (χ1n) is 12.6. The fourth-order valence-electron chi connectivity index (χ4n) is 5.67. The van der Waals surface area contributed by atoms with Crippen LogP contribution in [0.4, 0.5) is 13.2 Å². The molecule has 0 spiro atoms. The van der Waals surface area contributed by atoms with E-state index in [4.69, 9.17) is 11.6 Å². The molecule has 0 radical (unpaired) electrons. The summed E-state index contributed by atoms with van der Waals surface area (Å²) in [5.74, 6) is -1.30. The highest BCUT2D eigenvalue weighted by atomic mass is 35.5. The van der Waals surface area contributed by atoms with Crippen molar-refractivity contribution < 1.29 is 32.6 Å². The molecule has 3 aromatic rings. The van der Waals surface area contributed by atoms with Crippen molar-refractivity contribution in [2.75, 3.05) is 6.54 Å². The number of hydrogen-bond acceptors (Lipinski definition) is 4. The maximum absolute atomic E-state index is 13.2. The maximum atomic E-state index is 13.2. The predicted molar refractivity (Wildman–Crippen MR) is 134 cm³/mol. The number of carboxylic acids is 1. The zero-order valence-corrected chi connectivity index (χ0v) is 21.3. The van der Waals surface area contributed by atoms with E-state index in [9.17, 15) is 27.9 Å². The van der Waals surface area contributed by atoms with Crippen LogP contribution in [-0.4, -0.2) is 44.3 Å². The number of ether oxygens (including phenoxy) is 1. The van der Waals surface area contributed by atoms with Gasteiger partial charge in [0.25, 0.3) is 0 Å². The summed E-state index contributed by atoms with van der Waals surface area (Å²) in [5.41, 5.74) is 3.47. The first kappa shape index (κ1) is 26.3.